The number of nitrogens with one attached hydrogen (secondary N) is 1. The van der Waals surface area contributed by atoms with E-state index in [0.29, 0.717) is 12.1 Å². The predicted molar refractivity (Wildman–Crippen MR) is 102 cm³/mol. The average Bonchev–Trinajstić information content (AvgIpc) is 2.89. The first kappa shape index (κ1) is 17.2. The largest absolute Gasteiger partial charge is 0.350 e. The van der Waals surface area contributed by atoms with Crippen LogP contribution in [0.15, 0.2) is 65.8 Å². The summed E-state index contributed by atoms with van der Waals surface area (Å²) in [5, 5.41) is 9.99. The molecule has 2 aromatic rings. The third-order valence-electron chi connectivity index (χ3n) is 4.56. The van der Waals surface area contributed by atoms with Crippen LogP contribution in [0.3, 0.4) is 0 Å². The standard InChI is InChI=1S/C21H25N3O/c1-16-14-21(2,3)24(23-16)19(17-10-6-4-7-11-17)15-22-20(25)18-12-8-5-9-13-18/h4-13,19H,14-15H2,1-3H3,(H,22,25). The number of carbonyl (C=O) groups excluding carboxylic acids is 1. The van der Waals surface area contributed by atoms with Gasteiger partial charge in [0.25, 0.3) is 5.91 Å². The fourth-order valence-electron chi connectivity index (χ4n) is 3.45. The monoisotopic (exact) mass is 335 g/mol. The van der Waals surface area contributed by atoms with Gasteiger partial charge in [0, 0.05) is 24.2 Å². The third-order valence-corrected chi connectivity index (χ3v) is 4.56. The molecule has 1 unspecified atom stereocenters. The van der Waals surface area contributed by atoms with Crippen molar-refractivity contribution in [2.24, 2.45) is 5.10 Å². The molecule has 4 heteroatoms. The lowest BCUT2D eigenvalue weighted by Crippen LogP contribution is -2.43. The molecule has 0 radical (unpaired) electrons. The van der Waals surface area contributed by atoms with E-state index in [-0.39, 0.29) is 17.5 Å². The molecule has 0 aromatic heterocycles. The van der Waals surface area contributed by atoms with Crippen LogP contribution in [0.4, 0.5) is 0 Å². The van der Waals surface area contributed by atoms with Crippen molar-refractivity contribution in [3.8, 4) is 0 Å². The minimum absolute atomic E-state index is 0.00122. The van der Waals surface area contributed by atoms with E-state index in [1.807, 2.05) is 48.5 Å². The van der Waals surface area contributed by atoms with E-state index in [4.69, 9.17) is 5.10 Å². The summed E-state index contributed by atoms with van der Waals surface area (Å²) in [6.45, 7) is 6.97. The van der Waals surface area contributed by atoms with Crippen LogP contribution in [0.1, 0.15) is 49.2 Å². The maximum absolute atomic E-state index is 12.5. The lowest BCUT2D eigenvalue weighted by molar-refractivity contribution is 0.0816. The van der Waals surface area contributed by atoms with Crippen LogP contribution in [-0.2, 0) is 0 Å². The van der Waals surface area contributed by atoms with Crippen LogP contribution in [0, 0.1) is 0 Å². The molecule has 1 heterocycles. The zero-order chi connectivity index (χ0) is 17.9. The Morgan fingerprint density at radius 1 is 1.12 bits per heavy atom. The van der Waals surface area contributed by atoms with Crippen molar-refractivity contribution in [1.29, 1.82) is 0 Å². The zero-order valence-electron chi connectivity index (χ0n) is 15.1. The average molecular weight is 335 g/mol. The minimum Gasteiger partial charge on any atom is -0.350 e. The van der Waals surface area contributed by atoms with E-state index in [2.05, 4.69) is 43.2 Å². The highest BCUT2D eigenvalue weighted by molar-refractivity contribution is 5.94. The molecule has 2 aromatic carbocycles. The van der Waals surface area contributed by atoms with Gasteiger partial charge in [-0.25, -0.2) is 0 Å². The summed E-state index contributed by atoms with van der Waals surface area (Å²) in [6.07, 6.45) is 0.933. The normalized spacial score (nSPS) is 17.1. The van der Waals surface area contributed by atoms with Crippen molar-refractivity contribution >= 4 is 11.6 Å². The Hall–Kier alpha value is -2.62. The van der Waals surface area contributed by atoms with E-state index < -0.39 is 0 Å². The number of hydrogen-bond acceptors (Lipinski definition) is 3. The maximum Gasteiger partial charge on any atom is 0.251 e. The highest BCUT2D eigenvalue weighted by atomic mass is 16.1. The highest BCUT2D eigenvalue weighted by Crippen LogP contribution is 2.35. The van der Waals surface area contributed by atoms with Crippen LogP contribution in [-0.4, -0.2) is 28.7 Å². The van der Waals surface area contributed by atoms with Crippen LogP contribution < -0.4 is 5.32 Å². The molecular formula is C21H25N3O. The molecule has 1 N–H and O–H groups in total. The van der Waals surface area contributed by atoms with E-state index in [1.165, 1.54) is 0 Å². The third kappa shape index (κ3) is 3.90. The summed E-state index contributed by atoms with van der Waals surface area (Å²) in [5.74, 6) is -0.0563. The van der Waals surface area contributed by atoms with Crippen LogP contribution >= 0.6 is 0 Å². The number of carbonyl (C=O) groups is 1. The molecule has 0 saturated carbocycles. The summed E-state index contributed by atoms with van der Waals surface area (Å²) in [6, 6.07) is 19.6. The molecule has 0 spiro atoms. The Morgan fingerprint density at radius 3 is 2.28 bits per heavy atom. The smallest absolute Gasteiger partial charge is 0.251 e. The number of rotatable bonds is 5. The maximum atomic E-state index is 12.5. The molecule has 130 valence electrons. The van der Waals surface area contributed by atoms with Gasteiger partial charge in [0.15, 0.2) is 0 Å². The first-order chi connectivity index (χ1) is 12.0. The number of hydrazone groups is 1. The van der Waals surface area contributed by atoms with Crippen molar-refractivity contribution in [3.05, 3.63) is 71.8 Å². The van der Waals surface area contributed by atoms with Gasteiger partial charge >= 0.3 is 0 Å². The Balaban J connectivity index is 1.82. The second-order valence-corrected chi connectivity index (χ2v) is 7.17. The van der Waals surface area contributed by atoms with Gasteiger partial charge in [-0.1, -0.05) is 48.5 Å². The van der Waals surface area contributed by atoms with E-state index in [9.17, 15) is 4.79 Å². The minimum atomic E-state index is -0.0674. The zero-order valence-corrected chi connectivity index (χ0v) is 15.1. The molecule has 0 fully saturated rings. The van der Waals surface area contributed by atoms with Gasteiger partial charge in [0.05, 0.1) is 11.6 Å². The Labute approximate surface area is 149 Å². The van der Waals surface area contributed by atoms with Gasteiger partial charge in [-0.05, 0) is 38.5 Å². The van der Waals surface area contributed by atoms with Crippen molar-refractivity contribution in [1.82, 2.24) is 10.3 Å². The van der Waals surface area contributed by atoms with Gasteiger partial charge < -0.3 is 5.32 Å². The van der Waals surface area contributed by atoms with Gasteiger partial charge in [-0.15, -0.1) is 0 Å². The van der Waals surface area contributed by atoms with Crippen molar-refractivity contribution in [3.63, 3.8) is 0 Å². The quantitative estimate of drug-likeness (QED) is 0.897. The molecule has 4 nitrogen and oxygen atoms in total. The fourth-order valence-corrected chi connectivity index (χ4v) is 3.45. The van der Waals surface area contributed by atoms with Gasteiger partial charge in [-0.2, -0.15) is 5.10 Å². The van der Waals surface area contributed by atoms with Crippen molar-refractivity contribution in [2.75, 3.05) is 6.54 Å². The number of amides is 1. The number of benzene rings is 2. The first-order valence-corrected chi connectivity index (χ1v) is 8.69. The SMILES string of the molecule is CC1=NN(C(CNC(=O)c2ccccc2)c2ccccc2)C(C)(C)C1. The van der Waals surface area contributed by atoms with Gasteiger partial charge in [0.2, 0.25) is 0 Å². The molecule has 25 heavy (non-hydrogen) atoms. The van der Waals surface area contributed by atoms with Gasteiger partial charge in [-0.3, -0.25) is 9.80 Å². The number of nitrogens with zero attached hydrogens (tertiary/aromatic N) is 2. The van der Waals surface area contributed by atoms with Crippen LogP contribution in [0.25, 0.3) is 0 Å². The molecule has 3 rings (SSSR count). The topological polar surface area (TPSA) is 44.7 Å². The van der Waals surface area contributed by atoms with E-state index >= 15 is 0 Å². The van der Waals surface area contributed by atoms with Crippen molar-refractivity contribution in [2.45, 2.75) is 38.8 Å². The molecule has 0 bridgehead atoms. The summed E-state index contributed by atoms with van der Waals surface area (Å²) in [5.41, 5.74) is 2.89. The van der Waals surface area contributed by atoms with Crippen LogP contribution in [0.2, 0.25) is 0 Å². The Morgan fingerprint density at radius 2 is 1.72 bits per heavy atom. The van der Waals surface area contributed by atoms with Crippen LogP contribution in [0.5, 0.6) is 0 Å². The van der Waals surface area contributed by atoms with E-state index in [0.717, 1.165) is 17.7 Å². The number of hydrogen-bond donors (Lipinski definition) is 1. The second-order valence-electron chi connectivity index (χ2n) is 7.17. The molecule has 1 aliphatic heterocycles. The molecule has 1 aliphatic rings. The summed E-state index contributed by atoms with van der Waals surface area (Å²) in [4.78, 5) is 12.5. The Bertz CT molecular complexity index is 753. The summed E-state index contributed by atoms with van der Waals surface area (Å²) in [7, 11) is 0. The molecule has 1 atom stereocenters. The van der Waals surface area contributed by atoms with E-state index in [1.54, 1.807) is 0 Å². The summed E-state index contributed by atoms with van der Waals surface area (Å²) < 4.78 is 0. The molecule has 0 saturated heterocycles. The molecular weight excluding hydrogens is 310 g/mol. The predicted octanol–water partition coefficient (Wildman–Crippen LogP) is 4.02. The second kappa shape index (κ2) is 7.09. The summed E-state index contributed by atoms with van der Waals surface area (Å²) >= 11 is 0. The Kier molecular flexibility index (Phi) is 4.88. The first-order valence-electron chi connectivity index (χ1n) is 8.69. The lowest BCUT2D eigenvalue weighted by atomic mass is 9.95. The molecule has 0 aliphatic carbocycles. The van der Waals surface area contributed by atoms with Gasteiger partial charge in [0.1, 0.15) is 0 Å². The van der Waals surface area contributed by atoms with Crippen molar-refractivity contribution < 1.29 is 4.79 Å². The molecule has 1 amide bonds. The lowest BCUT2D eigenvalue weighted by Gasteiger charge is -2.37. The fraction of sp³-hybridized carbons (Fsp3) is 0.333. The highest BCUT2D eigenvalue weighted by Gasteiger charge is 2.37.